The van der Waals surface area contributed by atoms with Crippen molar-refractivity contribution in [3.63, 3.8) is 0 Å². The minimum absolute atomic E-state index is 0.0779. The van der Waals surface area contributed by atoms with E-state index in [0.717, 1.165) is 0 Å². The molecule has 0 N–H and O–H groups in total. The lowest BCUT2D eigenvalue weighted by Crippen LogP contribution is -2.05. The second-order valence-electron chi connectivity index (χ2n) is 3.68. The Hall–Kier alpha value is -2.13. The van der Waals surface area contributed by atoms with E-state index < -0.39 is 0 Å². The molecular weight excluding hydrogens is 228 g/mol. The summed E-state index contributed by atoms with van der Waals surface area (Å²) in [5.74, 6) is 0.360. The van der Waals surface area contributed by atoms with Crippen LogP contribution in [-0.2, 0) is 4.89 Å². The summed E-state index contributed by atoms with van der Waals surface area (Å²) in [7, 11) is 0. The zero-order valence-electron chi connectivity index (χ0n) is 10.1. The number of carbonyl (C=O) groups is 1. The van der Waals surface area contributed by atoms with E-state index in [1.54, 1.807) is 36.4 Å². The van der Waals surface area contributed by atoms with Gasteiger partial charge in [0.25, 0.3) is 0 Å². The smallest absolute Gasteiger partial charge is 0.196 e. The molecule has 0 fully saturated rings. The molecule has 3 nitrogen and oxygen atoms in total. The zero-order valence-corrected chi connectivity index (χ0v) is 10.1. The van der Waals surface area contributed by atoms with Gasteiger partial charge in [-0.3, -0.25) is 4.79 Å². The molecule has 0 aliphatic heterocycles. The molecule has 0 spiro atoms. The van der Waals surface area contributed by atoms with Gasteiger partial charge in [0.1, 0.15) is 0 Å². The highest BCUT2D eigenvalue weighted by Crippen LogP contribution is 2.21. The molecule has 0 bridgehead atoms. The molecule has 0 aromatic heterocycles. The number of para-hydroxylation sites is 1. The van der Waals surface area contributed by atoms with Gasteiger partial charge >= 0.3 is 0 Å². The Morgan fingerprint density at radius 1 is 1.00 bits per heavy atom. The summed E-state index contributed by atoms with van der Waals surface area (Å²) < 4.78 is 0. The highest BCUT2D eigenvalue weighted by Gasteiger charge is 2.14. The standard InChI is InChI=1S/C15H14O3/c1-2-17-18-14-11-7-6-10-13(14)15(16)12-8-4-3-5-9-12/h3-11H,2H2,1H3. The molecule has 2 aromatic carbocycles. The molecular formula is C15H14O3. The quantitative estimate of drug-likeness (QED) is 0.458. The molecule has 92 valence electrons. The van der Waals surface area contributed by atoms with Gasteiger partial charge in [-0.05, 0) is 19.1 Å². The van der Waals surface area contributed by atoms with Crippen molar-refractivity contribution in [2.45, 2.75) is 6.92 Å². The lowest BCUT2D eigenvalue weighted by atomic mass is 10.0. The third kappa shape index (κ3) is 2.76. The molecule has 0 saturated heterocycles. The van der Waals surface area contributed by atoms with E-state index in [4.69, 9.17) is 9.78 Å². The third-order valence-electron chi connectivity index (χ3n) is 2.43. The molecule has 3 heteroatoms. The summed E-state index contributed by atoms with van der Waals surface area (Å²) in [5, 5.41) is 0. The normalized spacial score (nSPS) is 10.1. The summed E-state index contributed by atoms with van der Waals surface area (Å²) in [5.41, 5.74) is 1.13. The fourth-order valence-electron chi connectivity index (χ4n) is 1.59. The fourth-order valence-corrected chi connectivity index (χ4v) is 1.59. The predicted molar refractivity (Wildman–Crippen MR) is 68.6 cm³/mol. The van der Waals surface area contributed by atoms with Crippen LogP contribution in [0.15, 0.2) is 54.6 Å². The average molecular weight is 242 g/mol. The molecule has 0 unspecified atom stereocenters. The van der Waals surface area contributed by atoms with Crippen LogP contribution >= 0.6 is 0 Å². The van der Waals surface area contributed by atoms with Crippen molar-refractivity contribution < 1.29 is 14.6 Å². The monoisotopic (exact) mass is 242 g/mol. The van der Waals surface area contributed by atoms with Crippen molar-refractivity contribution in [2.75, 3.05) is 6.61 Å². The minimum atomic E-state index is -0.0779. The van der Waals surface area contributed by atoms with Crippen LogP contribution in [0.5, 0.6) is 5.75 Å². The summed E-state index contributed by atoms with van der Waals surface area (Å²) in [6.45, 7) is 2.25. The van der Waals surface area contributed by atoms with Gasteiger partial charge in [-0.1, -0.05) is 42.5 Å². The summed E-state index contributed by atoms with van der Waals surface area (Å²) in [6.07, 6.45) is 0. The first-order valence-electron chi connectivity index (χ1n) is 5.81. The Kier molecular flexibility index (Phi) is 4.10. The van der Waals surface area contributed by atoms with E-state index in [-0.39, 0.29) is 5.78 Å². The molecule has 0 atom stereocenters. The maximum Gasteiger partial charge on any atom is 0.196 e. The molecule has 18 heavy (non-hydrogen) atoms. The van der Waals surface area contributed by atoms with Gasteiger partial charge in [0, 0.05) is 5.56 Å². The highest BCUT2D eigenvalue weighted by molar-refractivity contribution is 6.10. The van der Waals surface area contributed by atoms with E-state index in [0.29, 0.717) is 23.5 Å². The second kappa shape index (κ2) is 5.98. The average Bonchev–Trinajstić information content (AvgIpc) is 2.45. The molecule has 0 saturated carbocycles. The zero-order chi connectivity index (χ0) is 12.8. The number of carbonyl (C=O) groups excluding carboxylic acids is 1. The molecule has 2 aromatic rings. The van der Waals surface area contributed by atoms with Gasteiger partial charge < -0.3 is 4.89 Å². The van der Waals surface area contributed by atoms with Gasteiger partial charge in [0.15, 0.2) is 11.5 Å². The number of rotatable bonds is 5. The van der Waals surface area contributed by atoms with E-state index in [1.165, 1.54) is 0 Å². The molecule has 0 aliphatic carbocycles. The van der Waals surface area contributed by atoms with Crippen LogP contribution < -0.4 is 4.89 Å². The highest BCUT2D eigenvalue weighted by atomic mass is 17.2. The van der Waals surface area contributed by atoms with Crippen LogP contribution in [0.1, 0.15) is 22.8 Å². The first-order valence-corrected chi connectivity index (χ1v) is 5.81. The fraction of sp³-hybridized carbons (Fsp3) is 0.133. The third-order valence-corrected chi connectivity index (χ3v) is 2.43. The maximum atomic E-state index is 12.3. The molecule has 2 rings (SSSR count). The van der Waals surface area contributed by atoms with Gasteiger partial charge in [0.05, 0.1) is 12.2 Å². The van der Waals surface area contributed by atoms with Gasteiger partial charge in [-0.15, -0.1) is 0 Å². The number of benzene rings is 2. The van der Waals surface area contributed by atoms with Gasteiger partial charge in [-0.2, -0.15) is 4.89 Å². The maximum absolute atomic E-state index is 12.3. The van der Waals surface area contributed by atoms with E-state index in [1.807, 2.05) is 25.1 Å². The van der Waals surface area contributed by atoms with Crippen LogP contribution in [-0.4, -0.2) is 12.4 Å². The Bertz CT molecular complexity index is 520. The minimum Gasteiger partial charge on any atom is -0.337 e. The first kappa shape index (κ1) is 12.3. The number of hydrogen-bond acceptors (Lipinski definition) is 3. The first-order chi connectivity index (χ1) is 8.83. The summed E-state index contributed by atoms with van der Waals surface area (Å²) in [6, 6.07) is 16.1. The Morgan fingerprint density at radius 2 is 1.67 bits per heavy atom. The van der Waals surface area contributed by atoms with E-state index in [2.05, 4.69) is 0 Å². The van der Waals surface area contributed by atoms with Crippen LogP contribution in [0.3, 0.4) is 0 Å². The largest absolute Gasteiger partial charge is 0.337 e. The molecule has 0 heterocycles. The van der Waals surface area contributed by atoms with E-state index >= 15 is 0 Å². The van der Waals surface area contributed by atoms with Crippen molar-refractivity contribution in [1.29, 1.82) is 0 Å². The summed E-state index contributed by atoms with van der Waals surface area (Å²) >= 11 is 0. The number of hydrogen-bond donors (Lipinski definition) is 0. The predicted octanol–water partition coefficient (Wildman–Crippen LogP) is 3.25. The van der Waals surface area contributed by atoms with Crippen molar-refractivity contribution in [1.82, 2.24) is 0 Å². The van der Waals surface area contributed by atoms with Crippen molar-refractivity contribution >= 4 is 5.78 Å². The van der Waals surface area contributed by atoms with E-state index in [9.17, 15) is 4.79 Å². The molecule has 0 aliphatic rings. The van der Waals surface area contributed by atoms with Crippen LogP contribution in [0.2, 0.25) is 0 Å². The molecule has 0 amide bonds. The van der Waals surface area contributed by atoms with Crippen LogP contribution in [0, 0.1) is 0 Å². The van der Waals surface area contributed by atoms with Gasteiger partial charge in [0.2, 0.25) is 0 Å². The Balaban J connectivity index is 2.30. The second-order valence-corrected chi connectivity index (χ2v) is 3.68. The Labute approximate surface area is 106 Å². The summed E-state index contributed by atoms with van der Waals surface area (Å²) in [4.78, 5) is 22.3. The topological polar surface area (TPSA) is 35.5 Å². The van der Waals surface area contributed by atoms with Crippen molar-refractivity contribution in [3.05, 3.63) is 65.7 Å². The number of ketones is 1. The lowest BCUT2D eigenvalue weighted by Gasteiger charge is -2.08. The van der Waals surface area contributed by atoms with Crippen molar-refractivity contribution in [3.8, 4) is 5.75 Å². The lowest BCUT2D eigenvalue weighted by molar-refractivity contribution is -0.202. The van der Waals surface area contributed by atoms with Crippen LogP contribution in [0.4, 0.5) is 0 Å². The molecule has 0 radical (unpaired) electrons. The SMILES string of the molecule is CCOOc1ccccc1C(=O)c1ccccc1. The Morgan fingerprint density at radius 3 is 2.39 bits per heavy atom. The van der Waals surface area contributed by atoms with Crippen molar-refractivity contribution in [2.24, 2.45) is 0 Å². The van der Waals surface area contributed by atoms with Gasteiger partial charge in [-0.25, -0.2) is 0 Å². The van der Waals surface area contributed by atoms with Crippen LogP contribution in [0.25, 0.3) is 0 Å².